The van der Waals surface area contributed by atoms with Crippen LogP contribution in [0.25, 0.3) is 11.1 Å². The molecule has 0 amide bonds. The minimum atomic E-state index is -0.924. The Bertz CT molecular complexity index is 1170. The van der Waals surface area contributed by atoms with Gasteiger partial charge in [0, 0.05) is 5.56 Å². The third kappa shape index (κ3) is 7.19. The molecule has 0 unspecified atom stereocenters. The Kier molecular flexibility index (Phi) is 9.71. The maximum Gasteiger partial charge on any atom is 0.201 e. The zero-order chi connectivity index (χ0) is 26.0. The van der Waals surface area contributed by atoms with Gasteiger partial charge in [-0.3, -0.25) is 0 Å². The Hall–Kier alpha value is -3.20. The van der Waals surface area contributed by atoms with E-state index in [1.807, 2.05) is 18.2 Å². The molecule has 0 spiro atoms. The summed E-state index contributed by atoms with van der Waals surface area (Å²) in [7, 11) is 0. The Morgan fingerprint density at radius 2 is 1.46 bits per heavy atom. The van der Waals surface area contributed by atoms with Crippen LogP contribution in [-0.4, -0.2) is 6.61 Å². The number of rotatable bonds is 11. The first-order valence-electron chi connectivity index (χ1n) is 13.7. The Balaban J connectivity index is 1.25. The lowest BCUT2D eigenvalue weighted by atomic mass is 9.78. The average molecular weight is 501 g/mol. The van der Waals surface area contributed by atoms with E-state index in [9.17, 15) is 8.78 Å². The van der Waals surface area contributed by atoms with Crippen LogP contribution >= 0.6 is 0 Å². The van der Waals surface area contributed by atoms with E-state index >= 15 is 0 Å². The van der Waals surface area contributed by atoms with E-state index in [2.05, 4.69) is 55.1 Å². The average Bonchev–Trinajstić information content (AvgIpc) is 2.94. The maximum atomic E-state index is 14.6. The lowest BCUT2D eigenvalue weighted by Crippen LogP contribution is -2.11. The second-order valence-corrected chi connectivity index (χ2v) is 10.0. The molecule has 0 aromatic heterocycles. The lowest BCUT2D eigenvalue weighted by Gasteiger charge is -2.27. The molecule has 1 nitrogen and oxygen atoms in total. The molecule has 3 heteroatoms. The van der Waals surface area contributed by atoms with Gasteiger partial charge in [-0.25, -0.2) is 4.39 Å². The summed E-state index contributed by atoms with van der Waals surface area (Å²) < 4.78 is 34.0. The van der Waals surface area contributed by atoms with Gasteiger partial charge in [0.25, 0.3) is 0 Å². The first-order valence-corrected chi connectivity index (χ1v) is 13.7. The molecular weight excluding hydrogens is 462 g/mol. The normalized spacial score (nSPS) is 17.7. The van der Waals surface area contributed by atoms with Crippen molar-refractivity contribution in [2.75, 3.05) is 6.61 Å². The molecule has 3 aromatic rings. The molecule has 1 fully saturated rings. The van der Waals surface area contributed by atoms with E-state index < -0.39 is 11.6 Å². The van der Waals surface area contributed by atoms with Crippen LogP contribution in [0.4, 0.5) is 8.78 Å². The van der Waals surface area contributed by atoms with Crippen molar-refractivity contribution in [3.8, 4) is 16.9 Å². The van der Waals surface area contributed by atoms with Crippen LogP contribution in [0.1, 0.15) is 68.1 Å². The van der Waals surface area contributed by atoms with Crippen molar-refractivity contribution in [2.24, 2.45) is 5.92 Å². The van der Waals surface area contributed by atoms with Gasteiger partial charge in [0.1, 0.15) is 0 Å². The zero-order valence-electron chi connectivity index (χ0n) is 21.9. The highest BCUT2D eigenvalue weighted by Crippen LogP contribution is 2.37. The number of halogens is 2. The summed E-state index contributed by atoms with van der Waals surface area (Å²) in [5.74, 6) is -0.642. The molecule has 0 atom stereocenters. The van der Waals surface area contributed by atoms with E-state index in [1.54, 1.807) is 13.0 Å². The highest BCUT2D eigenvalue weighted by molar-refractivity contribution is 5.65. The van der Waals surface area contributed by atoms with Gasteiger partial charge in [-0.1, -0.05) is 66.8 Å². The molecule has 0 aliphatic heterocycles. The molecule has 0 bridgehead atoms. The molecule has 0 saturated heterocycles. The second-order valence-electron chi connectivity index (χ2n) is 10.0. The van der Waals surface area contributed by atoms with Gasteiger partial charge in [-0.05, 0) is 105 Å². The minimum absolute atomic E-state index is 0.0419. The van der Waals surface area contributed by atoms with Gasteiger partial charge in [-0.15, -0.1) is 6.58 Å². The summed E-state index contributed by atoms with van der Waals surface area (Å²) in [4.78, 5) is 0. The van der Waals surface area contributed by atoms with Crippen LogP contribution < -0.4 is 4.74 Å². The van der Waals surface area contributed by atoms with Crippen molar-refractivity contribution in [1.29, 1.82) is 0 Å². The Morgan fingerprint density at radius 1 is 0.811 bits per heavy atom. The fraction of sp³-hybridized carbons (Fsp3) is 0.353. The number of aryl methyl sites for hydroxylation is 2. The number of ether oxygens (including phenoxy) is 1. The molecule has 37 heavy (non-hydrogen) atoms. The molecular formula is C34H38F2O. The van der Waals surface area contributed by atoms with Crippen LogP contribution in [0, 0.1) is 17.6 Å². The minimum Gasteiger partial charge on any atom is -0.491 e. The summed E-state index contributed by atoms with van der Waals surface area (Å²) >= 11 is 0. The largest absolute Gasteiger partial charge is 0.491 e. The molecule has 0 radical (unpaired) electrons. The smallest absolute Gasteiger partial charge is 0.201 e. The molecule has 4 rings (SSSR count). The first-order chi connectivity index (χ1) is 18.1. The van der Waals surface area contributed by atoms with Gasteiger partial charge in [0.15, 0.2) is 11.6 Å². The molecule has 1 aliphatic carbocycles. The highest BCUT2D eigenvalue weighted by Gasteiger charge is 2.21. The predicted molar refractivity (Wildman–Crippen MR) is 150 cm³/mol. The third-order valence-electron chi connectivity index (χ3n) is 7.48. The standard InChI is InChI=1S/C34H38F2O/c1-3-5-8-25-11-13-26(14-12-25)9-6-7-10-27-15-17-28(18-16-27)29-19-21-30(22-20-29)31-23-24-32(37-4-2)34(36)33(31)35/h3,7,10-14,19-24,27-28H,1,4-6,8-9,15-18H2,2H3. The van der Waals surface area contributed by atoms with Crippen molar-refractivity contribution >= 4 is 0 Å². The molecule has 0 heterocycles. The van der Waals surface area contributed by atoms with E-state index in [-0.39, 0.29) is 11.3 Å². The van der Waals surface area contributed by atoms with Crippen molar-refractivity contribution in [3.05, 3.63) is 114 Å². The van der Waals surface area contributed by atoms with Crippen molar-refractivity contribution in [1.82, 2.24) is 0 Å². The fourth-order valence-electron chi connectivity index (χ4n) is 5.28. The summed E-state index contributed by atoms with van der Waals surface area (Å²) in [5, 5.41) is 0. The summed E-state index contributed by atoms with van der Waals surface area (Å²) in [6.07, 6.45) is 15.7. The Morgan fingerprint density at radius 3 is 2.08 bits per heavy atom. The Labute approximate surface area is 220 Å². The van der Waals surface area contributed by atoms with Crippen molar-refractivity contribution < 1.29 is 13.5 Å². The molecule has 194 valence electrons. The zero-order valence-corrected chi connectivity index (χ0v) is 21.9. The number of benzene rings is 3. The second kappa shape index (κ2) is 13.4. The topological polar surface area (TPSA) is 9.23 Å². The number of hydrogen-bond donors (Lipinski definition) is 0. The van der Waals surface area contributed by atoms with Crippen LogP contribution in [-0.2, 0) is 12.8 Å². The summed E-state index contributed by atoms with van der Waals surface area (Å²) in [6, 6.07) is 20.0. The van der Waals surface area contributed by atoms with Crippen LogP contribution in [0.5, 0.6) is 5.75 Å². The molecule has 1 saturated carbocycles. The summed E-state index contributed by atoms with van der Waals surface area (Å²) in [5.41, 5.74) is 5.01. The maximum absolute atomic E-state index is 14.6. The van der Waals surface area contributed by atoms with Crippen LogP contribution in [0.2, 0.25) is 0 Å². The fourth-order valence-corrected chi connectivity index (χ4v) is 5.28. The van der Waals surface area contributed by atoms with Gasteiger partial charge >= 0.3 is 0 Å². The molecule has 3 aromatic carbocycles. The van der Waals surface area contributed by atoms with Gasteiger partial charge in [-0.2, -0.15) is 4.39 Å². The summed E-state index contributed by atoms with van der Waals surface area (Å²) in [6.45, 7) is 5.84. The monoisotopic (exact) mass is 500 g/mol. The highest BCUT2D eigenvalue weighted by atomic mass is 19.2. The van der Waals surface area contributed by atoms with Crippen molar-refractivity contribution in [3.63, 3.8) is 0 Å². The molecule has 1 aliphatic rings. The van der Waals surface area contributed by atoms with Crippen LogP contribution in [0.3, 0.4) is 0 Å². The van der Waals surface area contributed by atoms with E-state index in [4.69, 9.17) is 4.74 Å². The predicted octanol–water partition coefficient (Wildman–Crippen LogP) is 9.61. The molecule has 0 N–H and O–H groups in total. The van der Waals surface area contributed by atoms with Gasteiger partial charge in [0.05, 0.1) is 6.61 Å². The number of allylic oxidation sites excluding steroid dienone is 3. The van der Waals surface area contributed by atoms with E-state index in [0.29, 0.717) is 24.0 Å². The van der Waals surface area contributed by atoms with Gasteiger partial charge in [0.2, 0.25) is 5.82 Å². The third-order valence-corrected chi connectivity index (χ3v) is 7.48. The van der Waals surface area contributed by atoms with Crippen LogP contribution in [0.15, 0.2) is 85.5 Å². The lowest BCUT2D eigenvalue weighted by molar-refractivity contribution is 0.314. The first kappa shape index (κ1) is 26.9. The van der Waals surface area contributed by atoms with Crippen molar-refractivity contribution in [2.45, 2.75) is 64.2 Å². The van der Waals surface area contributed by atoms with E-state index in [1.165, 1.54) is 35.6 Å². The quantitative estimate of drug-likeness (QED) is 0.238. The number of hydrogen-bond acceptors (Lipinski definition) is 1. The van der Waals surface area contributed by atoms with E-state index in [0.717, 1.165) is 38.5 Å². The van der Waals surface area contributed by atoms with Gasteiger partial charge < -0.3 is 4.74 Å². The SMILES string of the molecule is C=CCCc1ccc(CCC=CC2CCC(c3ccc(-c4ccc(OCC)c(F)c4F)cc3)CC2)cc1.